The number of halogens is 1. The fraction of sp³-hybridized carbons (Fsp3) is 0.385. The van der Waals surface area contributed by atoms with Crippen molar-refractivity contribution in [1.29, 1.82) is 0 Å². The van der Waals surface area contributed by atoms with E-state index in [1.165, 1.54) is 11.1 Å². The van der Waals surface area contributed by atoms with E-state index in [-0.39, 0.29) is 0 Å². The number of rotatable bonds is 1. The van der Waals surface area contributed by atoms with E-state index in [0.29, 0.717) is 12.2 Å². The predicted molar refractivity (Wildman–Crippen MR) is 70.0 cm³/mol. The molecule has 0 bridgehead atoms. The van der Waals surface area contributed by atoms with E-state index >= 15 is 0 Å². The normalized spacial score (nSPS) is 30.6. The first-order valence-electron chi connectivity index (χ1n) is 5.32. The third-order valence-electron chi connectivity index (χ3n) is 3.13. The van der Waals surface area contributed by atoms with Crippen LogP contribution in [0.25, 0.3) is 0 Å². The van der Waals surface area contributed by atoms with Gasteiger partial charge in [-0.15, -0.1) is 0 Å². The lowest BCUT2D eigenvalue weighted by atomic mass is 10.0. The summed E-state index contributed by atoms with van der Waals surface area (Å²) in [5.41, 5.74) is 3.44. The van der Waals surface area contributed by atoms with Gasteiger partial charge in [0.15, 0.2) is 0 Å². The minimum Gasteiger partial charge on any atom is -0.257 e. The minimum atomic E-state index is -1.04. The van der Waals surface area contributed by atoms with Gasteiger partial charge >= 0.3 is 0 Å². The Hall–Kier alpha value is -0.600. The Labute approximate surface area is 104 Å². The molecule has 2 atom stereocenters. The first-order chi connectivity index (χ1) is 7.54. The molecule has 0 aromatic heterocycles. The van der Waals surface area contributed by atoms with E-state index in [4.69, 9.17) is 11.6 Å². The standard InChI is InChI=1S/C13H15ClOS/c1-10-8-13(14,16(15)9-11(10)2)12-6-4-3-5-7-12/h3-7H,8-9H2,1-2H3/t13-,16-/m1/s1. The average molecular weight is 255 g/mol. The molecule has 1 aliphatic heterocycles. The lowest BCUT2D eigenvalue weighted by molar-refractivity contribution is 0.655. The quantitative estimate of drug-likeness (QED) is 0.553. The Kier molecular flexibility index (Phi) is 3.22. The molecule has 1 heterocycles. The Bertz CT molecular complexity index is 452. The largest absolute Gasteiger partial charge is 0.257 e. The van der Waals surface area contributed by atoms with Crippen LogP contribution in [-0.2, 0) is 15.0 Å². The van der Waals surface area contributed by atoms with Crippen molar-refractivity contribution < 1.29 is 4.21 Å². The summed E-state index contributed by atoms with van der Waals surface area (Å²) in [5.74, 6) is 0.588. The van der Waals surface area contributed by atoms with Crippen LogP contribution >= 0.6 is 11.6 Å². The Morgan fingerprint density at radius 1 is 1.19 bits per heavy atom. The van der Waals surface area contributed by atoms with E-state index in [1.54, 1.807) is 0 Å². The highest BCUT2D eigenvalue weighted by Crippen LogP contribution is 2.43. The monoisotopic (exact) mass is 254 g/mol. The molecule has 1 aromatic carbocycles. The third kappa shape index (κ3) is 1.96. The molecule has 1 aliphatic rings. The van der Waals surface area contributed by atoms with Gasteiger partial charge in [-0.3, -0.25) is 4.21 Å². The van der Waals surface area contributed by atoms with Crippen molar-refractivity contribution in [2.24, 2.45) is 0 Å². The molecule has 1 aromatic rings. The van der Waals surface area contributed by atoms with Gasteiger partial charge in [0.2, 0.25) is 0 Å². The van der Waals surface area contributed by atoms with E-state index in [9.17, 15) is 4.21 Å². The molecule has 86 valence electrons. The molecular weight excluding hydrogens is 240 g/mol. The van der Waals surface area contributed by atoms with Gasteiger partial charge in [0.25, 0.3) is 0 Å². The maximum atomic E-state index is 12.2. The Balaban J connectivity index is 2.44. The van der Waals surface area contributed by atoms with Gasteiger partial charge in [-0.1, -0.05) is 53.1 Å². The SMILES string of the molecule is CC1=C(C)C[C@](Cl)(c2ccccc2)[S@](=O)C1. The van der Waals surface area contributed by atoms with Crippen molar-refractivity contribution in [3.63, 3.8) is 0 Å². The van der Waals surface area contributed by atoms with Crippen LogP contribution in [0.2, 0.25) is 0 Å². The summed E-state index contributed by atoms with van der Waals surface area (Å²) in [6.45, 7) is 4.11. The molecule has 0 amide bonds. The molecule has 0 aliphatic carbocycles. The second kappa shape index (κ2) is 4.34. The molecule has 0 saturated carbocycles. The molecule has 2 rings (SSSR count). The van der Waals surface area contributed by atoms with Crippen LogP contribution in [0.4, 0.5) is 0 Å². The summed E-state index contributed by atoms with van der Waals surface area (Å²) in [5, 5.41) is 0. The molecule has 16 heavy (non-hydrogen) atoms. The number of allylic oxidation sites excluding steroid dienone is 1. The van der Waals surface area contributed by atoms with Gasteiger partial charge in [0.05, 0.1) is 10.8 Å². The van der Waals surface area contributed by atoms with E-state index in [2.05, 4.69) is 6.92 Å². The molecule has 0 spiro atoms. The van der Waals surface area contributed by atoms with Gasteiger partial charge in [0.1, 0.15) is 4.21 Å². The lowest BCUT2D eigenvalue weighted by Crippen LogP contribution is -2.31. The van der Waals surface area contributed by atoms with Crippen molar-refractivity contribution in [2.75, 3.05) is 5.75 Å². The minimum absolute atomic E-state index is 0.588. The van der Waals surface area contributed by atoms with Crippen LogP contribution in [0.1, 0.15) is 25.8 Å². The summed E-state index contributed by atoms with van der Waals surface area (Å²) >= 11 is 6.58. The zero-order valence-electron chi connectivity index (χ0n) is 9.50. The van der Waals surface area contributed by atoms with Crippen LogP contribution < -0.4 is 0 Å². The molecule has 0 saturated heterocycles. The lowest BCUT2D eigenvalue weighted by Gasteiger charge is -2.32. The molecular formula is C13H15ClOS. The zero-order valence-corrected chi connectivity index (χ0v) is 11.1. The molecule has 0 fully saturated rings. The average Bonchev–Trinajstić information content (AvgIpc) is 2.28. The number of hydrogen-bond acceptors (Lipinski definition) is 1. The predicted octanol–water partition coefficient (Wildman–Crippen LogP) is 3.57. The van der Waals surface area contributed by atoms with Crippen LogP contribution in [0.15, 0.2) is 41.5 Å². The first kappa shape index (κ1) is 11.9. The smallest absolute Gasteiger partial charge is 0.148 e. The van der Waals surface area contributed by atoms with Crippen molar-refractivity contribution in [3.05, 3.63) is 47.0 Å². The highest BCUT2D eigenvalue weighted by atomic mass is 35.5. The van der Waals surface area contributed by atoms with Crippen LogP contribution in [0.3, 0.4) is 0 Å². The molecule has 1 nitrogen and oxygen atoms in total. The molecule has 0 radical (unpaired) electrons. The maximum absolute atomic E-state index is 12.2. The molecule has 0 unspecified atom stereocenters. The Morgan fingerprint density at radius 3 is 2.44 bits per heavy atom. The molecule has 3 heteroatoms. The van der Waals surface area contributed by atoms with Crippen LogP contribution in [0, 0.1) is 0 Å². The summed E-state index contributed by atoms with van der Waals surface area (Å²) in [6, 6.07) is 9.75. The molecule has 0 N–H and O–H groups in total. The highest BCUT2D eigenvalue weighted by Gasteiger charge is 2.39. The third-order valence-corrected chi connectivity index (χ3v) is 5.80. The van der Waals surface area contributed by atoms with Gasteiger partial charge in [0, 0.05) is 12.2 Å². The Morgan fingerprint density at radius 2 is 1.81 bits per heavy atom. The first-order valence-corrected chi connectivity index (χ1v) is 7.02. The zero-order chi connectivity index (χ0) is 11.8. The van der Waals surface area contributed by atoms with Crippen molar-refractivity contribution in [3.8, 4) is 0 Å². The number of benzene rings is 1. The maximum Gasteiger partial charge on any atom is 0.148 e. The van der Waals surface area contributed by atoms with E-state index in [1.807, 2.05) is 37.3 Å². The summed E-state index contributed by atoms with van der Waals surface area (Å²) < 4.78 is 11.5. The number of alkyl halides is 1. The second-order valence-electron chi connectivity index (χ2n) is 4.32. The summed E-state index contributed by atoms with van der Waals surface area (Å²) in [4.78, 5) is 0. The summed E-state index contributed by atoms with van der Waals surface area (Å²) in [7, 11) is -1.04. The van der Waals surface area contributed by atoms with E-state index < -0.39 is 15.0 Å². The van der Waals surface area contributed by atoms with Gasteiger partial charge in [-0.25, -0.2) is 0 Å². The van der Waals surface area contributed by atoms with Gasteiger partial charge in [-0.05, 0) is 19.4 Å². The van der Waals surface area contributed by atoms with E-state index in [0.717, 1.165) is 5.56 Å². The van der Waals surface area contributed by atoms with Gasteiger partial charge in [-0.2, -0.15) is 0 Å². The van der Waals surface area contributed by atoms with Crippen LogP contribution in [0.5, 0.6) is 0 Å². The highest BCUT2D eigenvalue weighted by molar-refractivity contribution is 7.87. The fourth-order valence-corrected chi connectivity index (χ4v) is 4.06. The fourth-order valence-electron chi connectivity index (χ4n) is 1.93. The summed E-state index contributed by atoms with van der Waals surface area (Å²) in [6.07, 6.45) is 0.678. The van der Waals surface area contributed by atoms with Crippen molar-refractivity contribution in [1.82, 2.24) is 0 Å². The van der Waals surface area contributed by atoms with Crippen molar-refractivity contribution >= 4 is 22.4 Å². The number of hydrogen-bond donors (Lipinski definition) is 0. The second-order valence-corrected chi connectivity index (χ2v) is 6.87. The van der Waals surface area contributed by atoms with Crippen LogP contribution in [-0.4, -0.2) is 9.96 Å². The van der Waals surface area contributed by atoms with Crippen molar-refractivity contribution in [2.45, 2.75) is 24.5 Å². The van der Waals surface area contributed by atoms with Gasteiger partial charge < -0.3 is 0 Å². The topological polar surface area (TPSA) is 17.1 Å².